The first kappa shape index (κ1) is 14.9. The van der Waals surface area contributed by atoms with E-state index < -0.39 is 23.9 Å². The molecule has 0 aliphatic rings. The number of aliphatic hydroxyl groups excluding tert-OH is 2. The van der Waals surface area contributed by atoms with E-state index in [-0.39, 0.29) is 6.54 Å². The lowest BCUT2D eigenvalue weighted by Gasteiger charge is -2.14. The summed E-state index contributed by atoms with van der Waals surface area (Å²) in [5, 5.41) is 21.5. The third kappa shape index (κ3) is 4.64. The molecule has 6 heteroatoms. The van der Waals surface area contributed by atoms with Gasteiger partial charge in [-0.1, -0.05) is 12.1 Å². The molecular weight excluding hydrogens is 247 g/mol. The summed E-state index contributed by atoms with van der Waals surface area (Å²) in [5.41, 5.74) is -0.337. The van der Waals surface area contributed by atoms with E-state index in [0.29, 0.717) is 12.1 Å². The van der Waals surface area contributed by atoms with E-state index in [2.05, 4.69) is 5.32 Å². The highest BCUT2D eigenvalue weighted by Crippen LogP contribution is 2.29. The van der Waals surface area contributed by atoms with Crippen LogP contribution in [0.4, 0.5) is 13.2 Å². The molecule has 0 heterocycles. The van der Waals surface area contributed by atoms with Gasteiger partial charge in [-0.25, -0.2) is 0 Å². The number of rotatable bonds is 5. The summed E-state index contributed by atoms with van der Waals surface area (Å²) >= 11 is 0. The van der Waals surface area contributed by atoms with Crippen molar-refractivity contribution in [3.05, 3.63) is 35.4 Å². The standard InChI is InChI=1S/C12H16F3NO2/c1-8(17)6-16-7-11(18)9-2-4-10(5-3-9)12(13,14)15/h2-5,8,11,16-18H,6-7H2,1H3. The Balaban J connectivity index is 2.56. The first-order chi connectivity index (χ1) is 8.30. The molecule has 0 aliphatic carbocycles. The Kier molecular flexibility index (Phi) is 5.13. The highest BCUT2D eigenvalue weighted by molar-refractivity contribution is 5.26. The lowest BCUT2D eigenvalue weighted by atomic mass is 10.1. The summed E-state index contributed by atoms with van der Waals surface area (Å²) in [5.74, 6) is 0. The van der Waals surface area contributed by atoms with Crippen molar-refractivity contribution in [1.29, 1.82) is 0 Å². The summed E-state index contributed by atoms with van der Waals surface area (Å²) in [6, 6.07) is 4.37. The van der Waals surface area contributed by atoms with Gasteiger partial charge in [0.25, 0.3) is 0 Å². The molecule has 18 heavy (non-hydrogen) atoms. The fourth-order valence-corrected chi connectivity index (χ4v) is 1.44. The van der Waals surface area contributed by atoms with Crippen molar-refractivity contribution in [2.45, 2.75) is 25.3 Å². The van der Waals surface area contributed by atoms with Gasteiger partial charge in [0.2, 0.25) is 0 Å². The van der Waals surface area contributed by atoms with Gasteiger partial charge >= 0.3 is 6.18 Å². The Morgan fingerprint density at radius 3 is 2.11 bits per heavy atom. The van der Waals surface area contributed by atoms with Crippen LogP contribution in [0.5, 0.6) is 0 Å². The molecule has 2 atom stereocenters. The highest BCUT2D eigenvalue weighted by atomic mass is 19.4. The fraction of sp³-hybridized carbons (Fsp3) is 0.500. The second-order valence-corrected chi connectivity index (χ2v) is 4.14. The molecule has 0 bridgehead atoms. The highest BCUT2D eigenvalue weighted by Gasteiger charge is 2.30. The topological polar surface area (TPSA) is 52.5 Å². The van der Waals surface area contributed by atoms with Crippen molar-refractivity contribution in [1.82, 2.24) is 5.32 Å². The van der Waals surface area contributed by atoms with E-state index in [1.54, 1.807) is 6.92 Å². The molecule has 0 aliphatic heterocycles. The minimum absolute atomic E-state index is 0.177. The second-order valence-electron chi connectivity index (χ2n) is 4.14. The van der Waals surface area contributed by atoms with Gasteiger partial charge in [-0.3, -0.25) is 0 Å². The molecule has 1 aromatic carbocycles. The Morgan fingerprint density at radius 1 is 1.11 bits per heavy atom. The Labute approximate surface area is 103 Å². The molecule has 1 rings (SSSR count). The summed E-state index contributed by atoms with van der Waals surface area (Å²) in [6.07, 6.45) is -5.80. The maximum Gasteiger partial charge on any atom is 0.416 e. The molecule has 1 aromatic rings. The number of benzene rings is 1. The van der Waals surface area contributed by atoms with Crippen LogP contribution < -0.4 is 5.32 Å². The molecule has 0 spiro atoms. The zero-order chi connectivity index (χ0) is 13.8. The average molecular weight is 263 g/mol. The van der Waals surface area contributed by atoms with Crippen molar-refractivity contribution in [2.24, 2.45) is 0 Å². The van der Waals surface area contributed by atoms with Gasteiger partial charge in [-0.2, -0.15) is 13.2 Å². The monoisotopic (exact) mass is 263 g/mol. The SMILES string of the molecule is CC(O)CNCC(O)c1ccc(C(F)(F)F)cc1. The summed E-state index contributed by atoms with van der Waals surface area (Å²) in [7, 11) is 0. The van der Waals surface area contributed by atoms with Crippen LogP contribution in [0.25, 0.3) is 0 Å². The minimum Gasteiger partial charge on any atom is -0.392 e. The maximum absolute atomic E-state index is 12.3. The minimum atomic E-state index is -4.37. The van der Waals surface area contributed by atoms with Crippen LogP contribution in [0, 0.1) is 0 Å². The molecular formula is C12H16F3NO2. The van der Waals surface area contributed by atoms with Gasteiger partial charge in [-0.15, -0.1) is 0 Å². The van der Waals surface area contributed by atoms with E-state index in [9.17, 15) is 18.3 Å². The smallest absolute Gasteiger partial charge is 0.392 e. The molecule has 0 amide bonds. The van der Waals surface area contributed by atoms with Crippen molar-refractivity contribution in [3.8, 4) is 0 Å². The predicted octanol–water partition coefficient (Wildman–Crippen LogP) is 1.71. The molecule has 0 saturated heterocycles. The molecule has 102 valence electrons. The molecule has 0 saturated carbocycles. The number of aliphatic hydroxyl groups is 2. The van der Waals surface area contributed by atoms with Gasteiger partial charge in [0.15, 0.2) is 0 Å². The van der Waals surface area contributed by atoms with Crippen LogP contribution in [0.2, 0.25) is 0 Å². The average Bonchev–Trinajstić information content (AvgIpc) is 2.27. The van der Waals surface area contributed by atoms with Crippen LogP contribution in [-0.2, 0) is 6.18 Å². The van der Waals surface area contributed by atoms with Crippen molar-refractivity contribution in [3.63, 3.8) is 0 Å². The lowest BCUT2D eigenvalue weighted by Crippen LogP contribution is -2.28. The number of alkyl halides is 3. The lowest BCUT2D eigenvalue weighted by molar-refractivity contribution is -0.137. The first-order valence-corrected chi connectivity index (χ1v) is 5.54. The Bertz CT molecular complexity index is 363. The van der Waals surface area contributed by atoms with Crippen LogP contribution in [-0.4, -0.2) is 29.4 Å². The third-order valence-electron chi connectivity index (χ3n) is 2.40. The first-order valence-electron chi connectivity index (χ1n) is 5.54. The van der Waals surface area contributed by atoms with E-state index in [0.717, 1.165) is 12.1 Å². The zero-order valence-electron chi connectivity index (χ0n) is 9.91. The van der Waals surface area contributed by atoms with Gasteiger partial charge < -0.3 is 15.5 Å². The van der Waals surface area contributed by atoms with Crippen molar-refractivity contribution >= 4 is 0 Å². The molecule has 2 unspecified atom stereocenters. The molecule has 0 aromatic heterocycles. The normalized spacial score (nSPS) is 15.4. The molecule has 0 radical (unpaired) electrons. The Morgan fingerprint density at radius 2 is 1.67 bits per heavy atom. The number of hydrogen-bond donors (Lipinski definition) is 3. The van der Waals surface area contributed by atoms with Crippen molar-refractivity contribution in [2.75, 3.05) is 13.1 Å². The quantitative estimate of drug-likeness (QED) is 0.758. The van der Waals surface area contributed by atoms with Gasteiger partial charge in [0, 0.05) is 13.1 Å². The molecule has 3 N–H and O–H groups in total. The van der Waals surface area contributed by atoms with E-state index in [1.807, 2.05) is 0 Å². The number of halogens is 3. The number of nitrogens with one attached hydrogen (secondary N) is 1. The fourth-order valence-electron chi connectivity index (χ4n) is 1.44. The van der Waals surface area contributed by atoms with E-state index >= 15 is 0 Å². The third-order valence-corrected chi connectivity index (χ3v) is 2.40. The predicted molar refractivity (Wildman–Crippen MR) is 61.0 cm³/mol. The maximum atomic E-state index is 12.3. The van der Waals surface area contributed by atoms with Crippen LogP contribution in [0.1, 0.15) is 24.2 Å². The van der Waals surface area contributed by atoms with Gasteiger partial charge in [0.05, 0.1) is 17.8 Å². The van der Waals surface area contributed by atoms with Crippen LogP contribution >= 0.6 is 0 Å². The molecule has 0 fully saturated rings. The van der Waals surface area contributed by atoms with E-state index in [4.69, 9.17) is 5.11 Å². The van der Waals surface area contributed by atoms with Crippen LogP contribution in [0.3, 0.4) is 0 Å². The van der Waals surface area contributed by atoms with E-state index in [1.165, 1.54) is 12.1 Å². The van der Waals surface area contributed by atoms with Crippen LogP contribution in [0.15, 0.2) is 24.3 Å². The largest absolute Gasteiger partial charge is 0.416 e. The zero-order valence-corrected chi connectivity index (χ0v) is 9.91. The van der Waals surface area contributed by atoms with Crippen molar-refractivity contribution < 1.29 is 23.4 Å². The molecule has 3 nitrogen and oxygen atoms in total. The van der Waals surface area contributed by atoms with Gasteiger partial charge in [-0.05, 0) is 24.6 Å². The number of hydrogen-bond acceptors (Lipinski definition) is 3. The Hall–Kier alpha value is -1.11. The summed E-state index contributed by atoms with van der Waals surface area (Å²) < 4.78 is 36.9. The summed E-state index contributed by atoms with van der Waals surface area (Å²) in [6.45, 7) is 2.09. The summed E-state index contributed by atoms with van der Waals surface area (Å²) in [4.78, 5) is 0. The van der Waals surface area contributed by atoms with Gasteiger partial charge in [0.1, 0.15) is 0 Å². The second kappa shape index (κ2) is 6.17.